The molecular formula is C23H22N2O3S. The van der Waals surface area contributed by atoms with Crippen molar-refractivity contribution in [2.45, 2.75) is 23.8 Å². The number of hydrogen-bond donors (Lipinski definition) is 1. The molecule has 0 fully saturated rings. The maximum absolute atomic E-state index is 13.5. The molecular weight excluding hydrogens is 384 g/mol. The Morgan fingerprint density at radius 2 is 1.59 bits per heavy atom. The SMILES string of the molecule is NC(=O)c1ccc(S(=O)(=O)N2CCc3ccccc3[C@@H]2Cc2ccccc2)cc1. The highest BCUT2D eigenvalue weighted by Crippen LogP contribution is 2.36. The Bertz CT molecular complexity index is 1130. The molecule has 3 aromatic rings. The van der Waals surface area contributed by atoms with E-state index in [0.717, 1.165) is 11.1 Å². The molecule has 5 nitrogen and oxygen atoms in total. The average Bonchev–Trinajstić information content (AvgIpc) is 2.74. The Kier molecular flexibility index (Phi) is 5.22. The maximum atomic E-state index is 13.5. The first-order chi connectivity index (χ1) is 14.0. The minimum atomic E-state index is -3.74. The second-order valence-corrected chi connectivity index (χ2v) is 9.05. The van der Waals surface area contributed by atoms with Crippen molar-refractivity contribution >= 4 is 15.9 Å². The molecule has 0 radical (unpaired) electrons. The van der Waals surface area contributed by atoms with Crippen molar-refractivity contribution in [3.8, 4) is 0 Å². The van der Waals surface area contributed by atoms with Crippen molar-refractivity contribution in [3.63, 3.8) is 0 Å². The number of hydrogen-bond acceptors (Lipinski definition) is 3. The minimum Gasteiger partial charge on any atom is -0.366 e. The highest BCUT2D eigenvalue weighted by molar-refractivity contribution is 7.89. The van der Waals surface area contributed by atoms with E-state index in [4.69, 9.17) is 5.73 Å². The Morgan fingerprint density at radius 3 is 2.28 bits per heavy atom. The minimum absolute atomic E-state index is 0.167. The number of sulfonamides is 1. The van der Waals surface area contributed by atoms with Crippen LogP contribution in [0.4, 0.5) is 0 Å². The van der Waals surface area contributed by atoms with Crippen LogP contribution in [0.2, 0.25) is 0 Å². The Hall–Kier alpha value is -2.96. The Labute approximate surface area is 170 Å². The van der Waals surface area contributed by atoms with Gasteiger partial charge >= 0.3 is 0 Å². The molecule has 1 amide bonds. The molecule has 1 heterocycles. The van der Waals surface area contributed by atoms with Crippen LogP contribution in [0.5, 0.6) is 0 Å². The van der Waals surface area contributed by atoms with Gasteiger partial charge in [-0.25, -0.2) is 8.42 Å². The number of nitrogens with zero attached hydrogens (tertiary/aromatic N) is 1. The van der Waals surface area contributed by atoms with E-state index in [-0.39, 0.29) is 16.5 Å². The van der Waals surface area contributed by atoms with E-state index in [1.165, 1.54) is 29.8 Å². The topological polar surface area (TPSA) is 80.5 Å². The quantitative estimate of drug-likeness (QED) is 0.706. The van der Waals surface area contributed by atoms with E-state index in [0.29, 0.717) is 19.4 Å². The van der Waals surface area contributed by atoms with Gasteiger partial charge in [0, 0.05) is 12.1 Å². The summed E-state index contributed by atoms with van der Waals surface area (Å²) < 4.78 is 28.6. The fraction of sp³-hybridized carbons (Fsp3) is 0.174. The number of carbonyl (C=O) groups is 1. The molecule has 29 heavy (non-hydrogen) atoms. The summed E-state index contributed by atoms with van der Waals surface area (Å²) in [6, 6.07) is 23.5. The van der Waals surface area contributed by atoms with Crippen LogP contribution in [-0.2, 0) is 22.9 Å². The van der Waals surface area contributed by atoms with E-state index < -0.39 is 15.9 Å². The first kappa shape index (κ1) is 19.4. The zero-order chi connectivity index (χ0) is 20.4. The number of fused-ring (bicyclic) bond motifs is 1. The normalized spacial score (nSPS) is 16.9. The van der Waals surface area contributed by atoms with E-state index in [1.807, 2.05) is 48.5 Å². The fourth-order valence-corrected chi connectivity index (χ4v) is 5.50. The zero-order valence-corrected chi connectivity index (χ0v) is 16.7. The van der Waals surface area contributed by atoms with Gasteiger partial charge in [-0.2, -0.15) is 4.31 Å². The lowest BCUT2D eigenvalue weighted by atomic mass is 9.90. The van der Waals surface area contributed by atoms with Crippen LogP contribution in [-0.4, -0.2) is 25.2 Å². The third kappa shape index (κ3) is 3.81. The van der Waals surface area contributed by atoms with Gasteiger partial charge in [0.1, 0.15) is 0 Å². The van der Waals surface area contributed by atoms with Gasteiger partial charge in [0.25, 0.3) is 0 Å². The Balaban J connectivity index is 1.75. The van der Waals surface area contributed by atoms with Crippen LogP contribution in [0, 0.1) is 0 Å². The van der Waals surface area contributed by atoms with Crippen LogP contribution >= 0.6 is 0 Å². The van der Waals surface area contributed by atoms with Crippen molar-refractivity contribution in [2.75, 3.05) is 6.54 Å². The van der Waals surface area contributed by atoms with Crippen molar-refractivity contribution in [3.05, 3.63) is 101 Å². The largest absolute Gasteiger partial charge is 0.366 e. The maximum Gasteiger partial charge on any atom is 0.248 e. The molecule has 0 saturated heterocycles. The monoisotopic (exact) mass is 406 g/mol. The van der Waals surface area contributed by atoms with Gasteiger partial charge in [0.05, 0.1) is 10.9 Å². The summed E-state index contributed by atoms with van der Waals surface area (Å²) in [5, 5.41) is 0. The number of amides is 1. The summed E-state index contributed by atoms with van der Waals surface area (Å²) in [4.78, 5) is 11.5. The second kappa shape index (κ2) is 7.81. The molecule has 0 unspecified atom stereocenters. The number of rotatable bonds is 5. The first-order valence-electron chi connectivity index (χ1n) is 9.50. The molecule has 1 aliphatic heterocycles. The lowest BCUT2D eigenvalue weighted by molar-refractivity contribution is 0.1000. The summed E-state index contributed by atoms with van der Waals surface area (Å²) >= 11 is 0. The number of nitrogens with two attached hydrogens (primary N) is 1. The smallest absolute Gasteiger partial charge is 0.248 e. The lowest BCUT2D eigenvalue weighted by Gasteiger charge is -2.36. The number of primary amides is 1. The van der Waals surface area contributed by atoms with E-state index >= 15 is 0 Å². The van der Waals surface area contributed by atoms with Crippen LogP contribution in [0.1, 0.15) is 33.1 Å². The molecule has 0 aromatic heterocycles. The summed E-state index contributed by atoms with van der Waals surface area (Å²) in [5.41, 5.74) is 8.87. The zero-order valence-electron chi connectivity index (χ0n) is 15.9. The molecule has 0 spiro atoms. The Morgan fingerprint density at radius 1 is 0.931 bits per heavy atom. The molecule has 148 valence electrons. The van der Waals surface area contributed by atoms with Crippen LogP contribution in [0.15, 0.2) is 83.8 Å². The molecule has 2 N–H and O–H groups in total. The van der Waals surface area contributed by atoms with Crippen molar-refractivity contribution in [1.82, 2.24) is 4.31 Å². The van der Waals surface area contributed by atoms with Gasteiger partial charge in [0.2, 0.25) is 15.9 Å². The standard InChI is InChI=1S/C23H22N2O3S/c24-23(26)19-10-12-20(13-11-19)29(27,28)25-15-14-18-8-4-5-9-21(18)22(25)16-17-6-2-1-3-7-17/h1-13,22H,14-16H2,(H2,24,26)/t22-/m0/s1. The van der Waals surface area contributed by atoms with Gasteiger partial charge in [-0.15, -0.1) is 0 Å². The van der Waals surface area contributed by atoms with Crippen LogP contribution < -0.4 is 5.73 Å². The van der Waals surface area contributed by atoms with Gasteiger partial charge < -0.3 is 5.73 Å². The van der Waals surface area contributed by atoms with E-state index in [1.54, 1.807) is 4.31 Å². The van der Waals surface area contributed by atoms with Gasteiger partial charge in [-0.3, -0.25) is 4.79 Å². The second-order valence-electron chi connectivity index (χ2n) is 7.16. The third-order valence-corrected chi connectivity index (χ3v) is 7.30. The van der Waals surface area contributed by atoms with Crippen LogP contribution in [0.25, 0.3) is 0 Å². The van der Waals surface area contributed by atoms with E-state index in [2.05, 4.69) is 6.07 Å². The number of benzene rings is 3. The summed E-state index contributed by atoms with van der Waals surface area (Å²) in [5.74, 6) is -0.581. The molecule has 0 bridgehead atoms. The molecule has 0 saturated carbocycles. The summed E-state index contributed by atoms with van der Waals surface area (Å²) in [6.45, 7) is 0.411. The van der Waals surface area contributed by atoms with Crippen LogP contribution in [0.3, 0.4) is 0 Å². The molecule has 1 atom stereocenters. The summed E-state index contributed by atoms with van der Waals surface area (Å²) in [7, 11) is -3.74. The predicted octanol–water partition coefficient (Wildman–Crippen LogP) is 3.32. The third-order valence-electron chi connectivity index (χ3n) is 5.38. The van der Waals surface area contributed by atoms with E-state index in [9.17, 15) is 13.2 Å². The predicted molar refractivity (Wildman–Crippen MR) is 112 cm³/mol. The van der Waals surface area contributed by atoms with Crippen molar-refractivity contribution in [2.24, 2.45) is 5.73 Å². The summed E-state index contributed by atoms with van der Waals surface area (Å²) in [6.07, 6.45) is 1.26. The van der Waals surface area contributed by atoms with Gasteiger partial charge in [-0.1, -0.05) is 54.6 Å². The molecule has 3 aromatic carbocycles. The van der Waals surface area contributed by atoms with Crippen molar-refractivity contribution in [1.29, 1.82) is 0 Å². The highest BCUT2D eigenvalue weighted by Gasteiger charge is 2.36. The molecule has 6 heteroatoms. The van der Waals surface area contributed by atoms with Gasteiger partial charge in [0.15, 0.2) is 0 Å². The lowest BCUT2D eigenvalue weighted by Crippen LogP contribution is -2.41. The molecule has 0 aliphatic carbocycles. The number of carbonyl (C=O) groups excluding carboxylic acids is 1. The molecule has 4 rings (SSSR count). The average molecular weight is 407 g/mol. The highest BCUT2D eigenvalue weighted by atomic mass is 32.2. The van der Waals surface area contributed by atoms with Gasteiger partial charge in [-0.05, 0) is 53.8 Å². The molecule has 1 aliphatic rings. The first-order valence-corrected chi connectivity index (χ1v) is 10.9. The fourth-order valence-electron chi connectivity index (χ4n) is 3.89. The van der Waals surface area contributed by atoms with Crippen molar-refractivity contribution < 1.29 is 13.2 Å².